The Morgan fingerprint density at radius 2 is 2.29 bits per heavy atom. The van der Waals surface area contributed by atoms with Gasteiger partial charge in [0.2, 0.25) is 0 Å². The number of hydrazine groups is 1. The minimum Gasteiger partial charge on any atom is -0.357 e. The molecule has 0 unspecified atom stereocenters. The number of rotatable bonds is 5. The molecule has 0 saturated heterocycles. The Balaban J connectivity index is 1.99. The third-order valence-corrected chi connectivity index (χ3v) is 4.60. The van der Waals surface area contributed by atoms with E-state index in [4.69, 9.17) is 17.4 Å². The smallest absolute Gasteiger partial charge is 0.332 e. The van der Waals surface area contributed by atoms with Gasteiger partial charge in [-0.2, -0.15) is 0 Å². The number of carbonyl (C=O) groups is 1. The van der Waals surface area contributed by atoms with Crippen molar-refractivity contribution >= 4 is 51.1 Å². The summed E-state index contributed by atoms with van der Waals surface area (Å²) in [4.78, 5) is 15.2. The van der Waals surface area contributed by atoms with Gasteiger partial charge in [-0.1, -0.05) is 41.1 Å². The Labute approximate surface area is 142 Å². The summed E-state index contributed by atoms with van der Waals surface area (Å²) in [6.07, 6.45) is 0.831. The lowest BCUT2D eigenvalue weighted by Gasteiger charge is -2.24. The Morgan fingerprint density at radius 3 is 2.95 bits per heavy atom. The van der Waals surface area contributed by atoms with Crippen molar-refractivity contribution in [3.05, 3.63) is 35.0 Å². The maximum Gasteiger partial charge on any atom is 0.332 e. The van der Waals surface area contributed by atoms with Crippen molar-refractivity contribution in [2.24, 2.45) is 5.84 Å². The number of aromatic nitrogens is 1. The first-order valence-corrected chi connectivity index (χ1v) is 8.60. The molecule has 0 aliphatic rings. The molecule has 114 valence electrons. The maximum atomic E-state index is 12.0. The highest BCUT2D eigenvalue weighted by Crippen LogP contribution is 2.20. The fourth-order valence-corrected chi connectivity index (χ4v) is 3.29. The Morgan fingerprint density at radius 1 is 1.52 bits per heavy atom. The highest BCUT2D eigenvalue weighted by Gasteiger charge is 2.17. The average Bonchev–Trinajstić information content (AvgIpc) is 2.87. The van der Waals surface area contributed by atoms with Crippen LogP contribution in [0, 0.1) is 0 Å². The molecule has 0 aliphatic carbocycles. The van der Waals surface area contributed by atoms with Gasteiger partial charge in [0, 0.05) is 26.0 Å². The van der Waals surface area contributed by atoms with Crippen LogP contribution in [0.25, 0.3) is 10.9 Å². The minimum atomic E-state index is -0.268. The number of nitrogens with one attached hydrogen (secondary N) is 2. The van der Waals surface area contributed by atoms with Gasteiger partial charge < -0.3 is 10.3 Å². The Hall–Kier alpha value is -0.990. The van der Waals surface area contributed by atoms with Crippen LogP contribution in [0.2, 0.25) is 5.02 Å². The molecule has 2 rings (SSSR count). The lowest BCUT2D eigenvalue weighted by atomic mass is 10.2. The van der Waals surface area contributed by atoms with E-state index in [-0.39, 0.29) is 12.1 Å². The molecule has 2 amide bonds. The number of nitrogens with two attached hydrogens (primary N) is 1. The van der Waals surface area contributed by atoms with Crippen LogP contribution >= 0.6 is 34.2 Å². The summed E-state index contributed by atoms with van der Waals surface area (Å²) >= 11 is 8.19. The zero-order valence-electron chi connectivity index (χ0n) is 11.7. The van der Waals surface area contributed by atoms with Crippen molar-refractivity contribution in [3.63, 3.8) is 0 Å². The van der Waals surface area contributed by atoms with Crippen molar-refractivity contribution in [3.8, 4) is 0 Å². The molecule has 0 saturated carbocycles. The largest absolute Gasteiger partial charge is 0.357 e. The SMILES string of the molecule is CC[C@H](CI)N(N)C(=O)NCc1cc2cc(Cl)ccc2[nH]1. The first-order valence-electron chi connectivity index (χ1n) is 6.70. The van der Waals surface area contributed by atoms with Crippen molar-refractivity contribution < 1.29 is 4.79 Å². The topological polar surface area (TPSA) is 74.2 Å². The van der Waals surface area contributed by atoms with E-state index in [1.54, 1.807) is 0 Å². The number of alkyl halides is 1. The van der Waals surface area contributed by atoms with Crippen LogP contribution in [-0.2, 0) is 6.54 Å². The number of carbonyl (C=O) groups excluding carboxylic acids is 1. The van der Waals surface area contributed by atoms with Crippen LogP contribution in [0.1, 0.15) is 19.0 Å². The molecule has 21 heavy (non-hydrogen) atoms. The van der Waals surface area contributed by atoms with E-state index in [0.29, 0.717) is 11.6 Å². The number of aromatic amines is 1. The number of amides is 2. The summed E-state index contributed by atoms with van der Waals surface area (Å²) in [6.45, 7) is 2.41. The van der Waals surface area contributed by atoms with E-state index in [0.717, 1.165) is 27.4 Å². The summed E-state index contributed by atoms with van der Waals surface area (Å²) in [5.74, 6) is 5.83. The van der Waals surface area contributed by atoms with Gasteiger partial charge in [0.15, 0.2) is 0 Å². The van der Waals surface area contributed by atoms with Gasteiger partial charge in [0.25, 0.3) is 0 Å². The third-order valence-electron chi connectivity index (χ3n) is 3.35. The van der Waals surface area contributed by atoms with E-state index in [9.17, 15) is 4.79 Å². The maximum absolute atomic E-state index is 12.0. The number of benzene rings is 1. The van der Waals surface area contributed by atoms with Gasteiger partial charge in [-0.25, -0.2) is 10.6 Å². The normalized spacial score (nSPS) is 12.4. The molecule has 7 heteroatoms. The van der Waals surface area contributed by atoms with Crippen LogP contribution in [0.3, 0.4) is 0 Å². The molecule has 0 bridgehead atoms. The number of fused-ring (bicyclic) bond motifs is 1. The van der Waals surface area contributed by atoms with Crippen LogP contribution < -0.4 is 11.2 Å². The summed E-state index contributed by atoms with van der Waals surface area (Å²) in [6, 6.07) is 7.38. The molecule has 1 aromatic carbocycles. The number of halogens is 2. The fraction of sp³-hybridized carbons (Fsp3) is 0.357. The van der Waals surface area contributed by atoms with Crippen molar-refractivity contribution in [1.29, 1.82) is 0 Å². The van der Waals surface area contributed by atoms with Crippen LogP contribution in [0.5, 0.6) is 0 Å². The van der Waals surface area contributed by atoms with Crippen molar-refractivity contribution in [2.45, 2.75) is 25.9 Å². The van der Waals surface area contributed by atoms with Gasteiger partial charge in [0.05, 0.1) is 12.6 Å². The molecule has 0 spiro atoms. The molecule has 0 fully saturated rings. The quantitative estimate of drug-likeness (QED) is 0.228. The monoisotopic (exact) mass is 420 g/mol. The standard InChI is InChI=1S/C14H18ClIN4O/c1-2-12(7-16)20(17)14(21)18-8-11-6-9-5-10(15)3-4-13(9)19-11/h3-6,12,19H,2,7-8,17H2,1H3,(H,18,21)/t12-/m1/s1. The van der Waals surface area contributed by atoms with Crippen LogP contribution in [-0.4, -0.2) is 26.5 Å². The number of urea groups is 1. The number of hydrogen-bond acceptors (Lipinski definition) is 2. The molecule has 0 aliphatic heterocycles. The van der Waals surface area contributed by atoms with Gasteiger partial charge in [0.1, 0.15) is 0 Å². The zero-order valence-corrected chi connectivity index (χ0v) is 14.6. The average molecular weight is 421 g/mol. The molecule has 4 N–H and O–H groups in total. The second-order valence-corrected chi connectivity index (χ2v) is 6.13. The summed E-state index contributed by atoms with van der Waals surface area (Å²) in [5, 5.41) is 5.80. The highest BCUT2D eigenvalue weighted by molar-refractivity contribution is 14.1. The number of nitrogens with zero attached hydrogens (tertiary/aromatic N) is 1. The molecule has 0 radical (unpaired) electrons. The third kappa shape index (κ3) is 4.02. The summed E-state index contributed by atoms with van der Waals surface area (Å²) in [7, 11) is 0. The predicted molar refractivity (Wildman–Crippen MR) is 94.5 cm³/mol. The van der Waals surface area contributed by atoms with Gasteiger partial charge in [-0.05, 0) is 30.7 Å². The minimum absolute atomic E-state index is 0.0483. The lowest BCUT2D eigenvalue weighted by molar-refractivity contribution is 0.180. The zero-order chi connectivity index (χ0) is 15.4. The first kappa shape index (κ1) is 16.4. The molecule has 1 heterocycles. The second kappa shape index (κ2) is 7.33. The Kier molecular flexibility index (Phi) is 5.72. The van der Waals surface area contributed by atoms with Gasteiger partial charge in [-0.15, -0.1) is 0 Å². The fourth-order valence-electron chi connectivity index (χ4n) is 2.07. The van der Waals surface area contributed by atoms with Crippen molar-refractivity contribution in [2.75, 3.05) is 4.43 Å². The number of H-pyrrole nitrogens is 1. The molecular formula is C14H18ClIN4O. The summed E-state index contributed by atoms with van der Waals surface area (Å²) in [5.41, 5.74) is 1.91. The van der Waals surface area contributed by atoms with E-state index >= 15 is 0 Å². The summed E-state index contributed by atoms with van der Waals surface area (Å²) < 4.78 is 0.809. The van der Waals surface area contributed by atoms with Crippen LogP contribution in [0.15, 0.2) is 24.3 Å². The van der Waals surface area contributed by atoms with Crippen LogP contribution in [0.4, 0.5) is 4.79 Å². The number of hydrogen-bond donors (Lipinski definition) is 3. The molecule has 5 nitrogen and oxygen atoms in total. The highest BCUT2D eigenvalue weighted by atomic mass is 127. The molecule has 1 aromatic heterocycles. The predicted octanol–water partition coefficient (Wildman–Crippen LogP) is 3.42. The van der Waals surface area contributed by atoms with E-state index in [1.165, 1.54) is 5.01 Å². The lowest BCUT2D eigenvalue weighted by Crippen LogP contribution is -2.50. The van der Waals surface area contributed by atoms with E-state index < -0.39 is 0 Å². The molecular weight excluding hydrogens is 403 g/mol. The first-order chi connectivity index (χ1) is 10.0. The van der Waals surface area contributed by atoms with Crippen molar-refractivity contribution in [1.82, 2.24) is 15.3 Å². The Bertz CT molecular complexity index is 626. The van der Waals surface area contributed by atoms with E-state index in [2.05, 4.69) is 32.9 Å². The second-order valence-electron chi connectivity index (χ2n) is 4.81. The molecule has 1 atom stereocenters. The van der Waals surface area contributed by atoms with Gasteiger partial charge in [-0.3, -0.25) is 5.01 Å². The van der Waals surface area contributed by atoms with Gasteiger partial charge >= 0.3 is 6.03 Å². The molecule has 2 aromatic rings. The van der Waals surface area contributed by atoms with E-state index in [1.807, 2.05) is 31.2 Å².